The lowest BCUT2D eigenvalue weighted by molar-refractivity contribution is 0.0600. The number of esters is 1. The summed E-state index contributed by atoms with van der Waals surface area (Å²) >= 11 is 0. The summed E-state index contributed by atoms with van der Waals surface area (Å²) in [5, 5.41) is 4.99. The van der Waals surface area contributed by atoms with Crippen LogP contribution in [0.25, 0.3) is 11.0 Å². The van der Waals surface area contributed by atoms with Crippen molar-refractivity contribution in [3.8, 4) is 0 Å². The molecule has 0 aliphatic carbocycles. The van der Waals surface area contributed by atoms with Crippen LogP contribution in [0.3, 0.4) is 0 Å². The van der Waals surface area contributed by atoms with Gasteiger partial charge >= 0.3 is 5.97 Å². The fourth-order valence-electron chi connectivity index (χ4n) is 1.43. The lowest BCUT2D eigenvalue weighted by Gasteiger charge is -1.99. The maximum atomic E-state index is 11.2. The highest BCUT2D eigenvalue weighted by molar-refractivity contribution is 5.92. The molecule has 5 heteroatoms. The van der Waals surface area contributed by atoms with Gasteiger partial charge in [0.1, 0.15) is 0 Å². The van der Waals surface area contributed by atoms with E-state index >= 15 is 0 Å². The Hall–Kier alpha value is -1.91. The number of fused-ring (bicyclic) bond motifs is 1. The van der Waals surface area contributed by atoms with E-state index in [2.05, 4.69) is 14.8 Å². The van der Waals surface area contributed by atoms with Crippen molar-refractivity contribution in [3.63, 3.8) is 0 Å². The minimum absolute atomic E-state index is 0.381. The van der Waals surface area contributed by atoms with Crippen LogP contribution in [0.15, 0.2) is 18.5 Å². The van der Waals surface area contributed by atoms with Gasteiger partial charge in [0.05, 0.1) is 18.9 Å². The van der Waals surface area contributed by atoms with Gasteiger partial charge in [-0.15, -0.1) is 0 Å². The zero-order chi connectivity index (χ0) is 10.8. The quantitative estimate of drug-likeness (QED) is 0.692. The van der Waals surface area contributed by atoms with Crippen LogP contribution < -0.4 is 0 Å². The number of hydrogen-bond donors (Lipinski definition) is 0. The van der Waals surface area contributed by atoms with Crippen molar-refractivity contribution in [2.24, 2.45) is 0 Å². The third-order valence-corrected chi connectivity index (χ3v) is 2.20. The number of ether oxygens (including phenoxy) is 1. The Morgan fingerprint density at radius 1 is 1.53 bits per heavy atom. The summed E-state index contributed by atoms with van der Waals surface area (Å²) in [6, 6.07) is 1.73. The lowest BCUT2D eigenvalue weighted by Crippen LogP contribution is -2.02. The fraction of sp³-hybridized carbons (Fsp3) is 0.300. The second-order valence-electron chi connectivity index (χ2n) is 3.09. The number of carbonyl (C=O) groups excluding carboxylic acids is 1. The van der Waals surface area contributed by atoms with E-state index in [4.69, 9.17) is 0 Å². The molecule has 0 saturated carbocycles. The van der Waals surface area contributed by atoms with Crippen molar-refractivity contribution in [1.29, 1.82) is 0 Å². The van der Waals surface area contributed by atoms with E-state index in [1.807, 2.05) is 6.92 Å². The molecule has 0 aliphatic heterocycles. The first-order valence-corrected chi connectivity index (χ1v) is 4.66. The highest BCUT2D eigenvalue weighted by Gasteiger charge is 2.09. The molecule has 5 nitrogen and oxygen atoms in total. The maximum absolute atomic E-state index is 11.2. The Kier molecular flexibility index (Phi) is 2.37. The predicted octanol–water partition coefficient (Wildman–Crippen LogP) is 1.24. The zero-order valence-corrected chi connectivity index (χ0v) is 8.60. The Balaban J connectivity index is 2.53. The number of methoxy groups -OCH3 is 1. The van der Waals surface area contributed by atoms with E-state index in [1.165, 1.54) is 13.3 Å². The molecule has 2 aromatic heterocycles. The van der Waals surface area contributed by atoms with E-state index in [-0.39, 0.29) is 5.97 Å². The number of hydrogen-bond acceptors (Lipinski definition) is 4. The lowest BCUT2D eigenvalue weighted by atomic mass is 10.2. The molecule has 78 valence electrons. The van der Waals surface area contributed by atoms with E-state index in [1.54, 1.807) is 16.9 Å². The van der Waals surface area contributed by atoms with Gasteiger partial charge < -0.3 is 4.74 Å². The molecule has 0 spiro atoms. The topological polar surface area (TPSA) is 57.0 Å². The minimum atomic E-state index is -0.381. The van der Waals surface area contributed by atoms with E-state index in [0.29, 0.717) is 5.56 Å². The van der Waals surface area contributed by atoms with Crippen LogP contribution in [0.2, 0.25) is 0 Å². The van der Waals surface area contributed by atoms with E-state index in [0.717, 1.165) is 17.6 Å². The van der Waals surface area contributed by atoms with Crippen LogP contribution in [0, 0.1) is 0 Å². The van der Waals surface area contributed by atoms with Crippen LogP contribution in [0.4, 0.5) is 0 Å². The Morgan fingerprint density at radius 2 is 2.33 bits per heavy atom. The number of aromatic nitrogens is 3. The number of rotatable bonds is 2. The molecule has 0 fully saturated rings. The van der Waals surface area contributed by atoms with E-state index < -0.39 is 0 Å². The first kappa shape index (κ1) is 9.64. The summed E-state index contributed by atoms with van der Waals surface area (Å²) in [5.41, 5.74) is 1.23. The molecule has 2 rings (SSSR count). The zero-order valence-electron chi connectivity index (χ0n) is 8.60. The van der Waals surface area contributed by atoms with Gasteiger partial charge in [-0.25, -0.2) is 14.5 Å². The molecule has 0 aromatic carbocycles. The molecule has 0 bridgehead atoms. The van der Waals surface area contributed by atoms with Crippen molar-refractivity contribution >= 4 is 17.0 Å². The van der Waals surface area contributed by atoms with Gasteiger partial charge in [-0.3, -0.25) is 0 Å². The van der Waals surface area contributed by atoms with Crippen LogP contribution in [-0.2, 0) is 11.3 Å². The van der Waals surface area contributed by atoms with Crippen molar-refractivity contribution in [2.45, 2.75) is 13.5 Å². The largest absolute Gasteiger partial charge is 0.465 e. The molecular formula is C10H11N3O2. The van der Waals surface area contributed by atoms with Crippen molar-refractivity contribution in [2.75, 3.05) is 7.11 Å². The summed E-state index contributed by atoms with van der Waals surface area (Å²) in [6.07, 6.45) is 3.19. The summed E-state index contributed by atoms with van der Waals surface area (Å²) in [4.78, 5) is 15.4. The summed E-state index contributed by atoms with van der Waals surface area (Å²) in [5.74, 6) is -0.381. The molecule has 0 radical (unpaired) electrons. The van der Waals surface area contributed by atoms with Gasteiger partial charge in [-0.05, 0) is 13.0 Å². The number of nitrogens with zero attached hydrogens (tertiary/aromatic N) is 3. The summed E-state index contributed by atoms with van der Waals surface area (Å²) < 4.78 is 6.39. The summed E-state index contributed by atoms with van der Waals surface area (Å²) in [6.45, 7) is 2.75. The average Bonchev–Trinajstić information content (AvgIpc) is 2.69. The molecular weight excluding hydrogens is 194 g/mol. The normalized spacial score (nSPS) is 10.5. The Labute approximate surface area is 86.7 Å². The number of aryl methyl sites for hydroxylation is 1. The van der Waals surface area contributed by atoms with Crippen molar-refractivity contribution < 1.29 is 9.53 Å². The standard InChI is InChI=1S/C10H11N3O2/c1-3-13-9-7(6-12-13)4-8(5-11-9)10(14)15-2/h4-6H,3H2,1-2H3. The van der Waals surface area contributed by atoms with Crippen LogP contribution in [0.5, 0.6) is 0 Å². The van der Waals surface area contributed by atoms with Crippen molar-refractivity contribution in [1.82, 2.24) is 14.8 Å². The fourth-order valence-corrected chi connectivity index (χ4v) is 1.43. The highest BCUT2D eigenvalue weighted by atomic mass is 16.5. The third-order valence-electron chi connectivity index (χ3n) is 2.20. The molecule has 0 amide bonds. The molecule has 2 aromatic rings. The van der Waals surface area contributed by atoms with Gasteiger partial charge in [0, 0.05) is 18.1 Å². The molecule has 2 heterocycles. The van der Waals surface area contributed by atoms with Crippen LogP contribution in [-0.4, -0.2) is 27.8 Å². The Morgan fingerprint density at radius 3 is 3.00 bits per heavy atom. The van der Waals surface area contributed by atoms with Gasteiger partial charge in [0.15, 0.2) is 5.65 Å². The summed E-state index contributed by atoms with van der Waals surface area (Å²) in [7, 11) is 1.35. The van der Waals surface area contributed by atoms with Crippen LogP contribution in [0.1, 0.15) is 17.3 Å². The monoisotopic (exact) mass is 205 g/mol. The number of carbonyl (C=O) groups is 1. The molecule has 0 unspecified atom stereocenters. The van der Waals surface area contributed by atoms with Gasteiger partial charge in [0.25, 0.3) is 0 Å². The van der Waals surface area contributed by atoms with E-state index in [9.17, 15) is 4.79 Å². The number of pyridine rings is 1. The first-order chi connectivity index (χ1) is 7.26. The predicted molar refractivity (Wildman–Crippen MR) is 54.5 cm³/mol. The average molecular weight is 205 g/mol. The van der Waals surface area contributed by atoms with Crippen LogP contribution >= 0.6 is 0 Å². The molecule has 0 atom stereocenters. The SMILES string of the molecule is CCn1ncc2cc(C(=O)OC)cnc21. The molecule has 0 N–H and O–H groups in total. The van der Waals surface area contributed by atoms with Gasteiger partial charge in [0.2, 0.25) is 0 Å². The highest BCUT2D eigenvalue weighted by Crippen LogP contribution is 2.13. The van der Waals surface area contributed by atoms with Gasteiger partial charge in [-0.2, -0.15) is 5.10 Å². The molecule has 0 aliphatic rings. The second-order valence-corrected chi connectivity index (χ2v) is 3.09. The third kappa shape index (κ3) is 1.56. The van der Waals surface area contributed by atoms with Crippen molar-refractivity contribution in [3.05, 3.63) is 24.0 Å². The minimum Gasteiger partial charge on any atom is -0.465 e. The second kappa shape index (κ2) is 3.68. The Bertz CT molecular complexity index is 504. The first-order valence-electron chi connectivity index (χ1n) is 4.66. The maximum Gasteiger partial charge on any atom is 0.339 e. The molecule has 0 saturated heterocycles. The van der Waals surface area contributed by atoms with Gasteiger partial charge in [-0.1, -0.05) is 0 Å². The smallest absolute Gasteiger partial charge is 0.339 e. The molecule has 15 heavy (non-hydrogen) atoms.